The molecule has 2 aromatic heterocycles. The maximum absolute atomic E-state index is 13.8. The molecule has 7 heteroatoms. The first-order valence-electron chi connectivity index (χ1n) is 5.91. The van der Waals surface area contributed by atoms with Gasteiger partial charge in [0, 0.05) is 17.0 Å². The van der Waals surface area contributed by atoms with Crippen molar-refractivity contribution in [1.82, 2.24) is 4.57 Å². The molecule has 108 valence electrons. The third-order valence-corrected chi connectivity index (χ3v) is 4.97. The second-order valence-corrected chi connectivity index (χ2v) is 6.22. The predicted octanol–water partition coefficient (Wildman–Crippen LogP) is 4.49. The van der Waals surface area contributed by atoms with Gasteiger partial charge in [0.05, 0.1) is 21.2 Å². The van der Waals surface area contributed by atoms with Crippen LogP contribution in [0.15, 0.2) is 34.1 Å². The minimum atomic E-state index is -1.09. The summed E-state index contributed by atoms with van der Waals surface area (Å²) < 4.78 is 29.8. The van der Waals surface area contributed by atoms with Gasteiger partial charge in [0.2, 0.25) is 0 Å². The van der Waals surface area contributed by atoms with Crippen LogP contribution in [-0.4, -0.2) is 15.6 Å². The van der Waals surface area contributed by atoms with E-state index in [1.54, 1.807) is 6.07 Å². The molecule has 1 aromatic carbocycles. The molecular formula is C14H8BrF2NO2S. The summed E-state index contributed by atoms with van der Waals surface area (Å²) in [5, 5.41) is 11.1. The summed E-state index contributed by atoms with van der Waals surface area (Å²) >= 11 is 4.77. The predicted molar refractivity (Wildman–Crippen MR) is 79.9 cm³/mol. The average Bonchev–Trinajstić information content (AvgIpc) is 2.94. The molecule has 3 aromatic rings. The molecule has 0 aliphatic heterocycles. The lowest BCUT2D eigenvalue weighted by Crippen LogP contribution is -2.10. The number of carboxylic acid groups (broad SMARTS) is 1. The molecule has 3 nitrogen and oxygen atoms in total. The Hall–Kier alpha value is -1.73. The third kappa shape index (κ3) is 2.47. The minimum Gasteiger partial charge on any atom is -0.477 e. The van der Waals surface area contributed by atoms with Gasteiger partial charge in [-0.1, -0.05) is 6.07 Å². The number of halogens is 3. The minimum absolute atomic E-state index is 0.0204. The summed E-state index contributed by atoms with van der Waals surface area (Å²) in [7, 11) is 0. The summed E-state index contributed by atoms with van der Waals surface area (Å²) in [5.41, 5.74) is 0.997. The molecule has 0 atom stereocenters. The number of aromatic nitrogens is 1. The van der Waals surface area contributed by atoms with E-state index in [1.165, 1.54) is 22.0 Å². The maximum Gasteiger partial charge on any atom is 0.352 e. The van der Waals surface area contributed by atoms with Crippen molar-refractivity contribution < 1.29 is 18.7 Å². The fourth-order valence-electron chi connectivity index (χ4n) is 2.19. The molecule has 1 N–H and O–H groups in total. The van der Waals surface area contributed by atoms with Crippen LogP contribution in [0.25, 0.3) is 10.2 Å². The van der Waals surface area contributed by atoms with Crippen molar-refractivity contribution in [3.8, 4) is 0 Å². The quantitative estimate of drug-likeness (QED) is 0.736. The molecule has 0 spiro atoms. The van der Waals surface area contributed by atoms with Gasteiger partial charge < -0.3 is 9.67 Å². The number of carboxylic acids is 1. The summed E-state index contributed by atoms with van der Waals surface area (Å²) in [6.07, 6.45) is 0. The van der Waals surface area contributed by atoms with E-state index in [9.17, 15) is 18.7 Å². The molecule has 0 saturated carbocycles. The van der Waals surface area contributed by atoms with Crippen molar-refractivity contribution in [2.45, 2.75) is 6.54 Å². The summed E-state index contributed by atoms with van der Waals surface area (Å²) in [5.74, 6) is -2.45. The highest BCUT2D eigenvalue weighted by atomic mass is 79.9. The molecule has 0 radical (unpaired) electrons. The largest absolute Gasteiger partial charge is 0.477 e. The molecule has 0 aliphatic carbocycles. The molecule has 0 bridgehead atoms. The Balaban J connectivity index is 2.16. The lowest BCUT2D eigenvalue weighted by atomic mass is 10.2. The Labute approximate surface area is 130 Å². The van der Waals surface area contributed by atoms with Crippen molar-refractivity contribution in [3.63, 3.8) is 0 Å². The van der Waals surface area contributed by atoms with Crippen LogP contribution >= 0.6 is 27.3 Å². The van der Waals surface area contributed by atoms with Crippen molar-refractivity contribution in [1.29, 1.82) is 0 Å². The summed E-state index contributed by atoms with van der Waals surface area (Å²) in [6, 6.07) is 4.82. The van der Waals surface area contributed by atoms with Gasteiger partial charge in [0.15, 0.2) is 0 Å². The summed E-state index contributed by atoms with van der Waals surface area (Å²) in [6.45, 7) is 0.0204. The third-order valence-electron chi connectivity index (χ3n) is 3.14. The topological polar surface area (TPSA) is 42.2 Å². The van der Waals surface area contributed by atoms with Gasteiger partial charge in [-0.2, -0.15) is 0 Å². The second-order valence-electron chi connectivity index (χ2n) is 4.45. The Morgan fingerprint density at radius 3 is 2.76 bits per heavy atom. The Bertz CT molecular complexity index is 856. The lowest BCUT2D eigenvalue weighted by molar-refractivity contribution is 0.0686. The monoisotopic (exact) mass is 371 g/mol. The molecule has 0 amide bonds. The number of carbonyl (C=O) groups is 1. The van der Waals surface area contributed by atoms with Gasteiger partial charge in [-0.15, -0.1) is 11.3 Å². The molecule has 21 heavy (non-hydrogen) atoms. The number of hydrogen-bond donors (Lipinski definition) is 1. The SMILES string of the molecule is O=C(O)c1cc2scc(Br)c2n1Cc1ccc(F)cc1F. The van der Waals surface area contributed by atoms with Crippen molar-refractivity contribution in [2.24, 2.45) is 0 Å². The van der Waals surface area contributed by atoms with Crippen molar-refractivity contribution in [3.05, 3.63) is 57.0 Å². The van der Waals surface area contributed by atoms with E-state index in [0.29, 0.717) is 5.52 Å². The number of fused-ring (bicyclic) bond motifs is 1. The van der Waals surface area contributed by atoms with E-state index in [1.807, 2.05) is 5.38 Å². The molecule has 3 rings (SSSR count). The Morgan fingerprint density at radius 1 is 1.33 bits per heavy atom. The van der Waals surface area contributed by atoms with E-state index in [2.05, 4.69) is 15.9 Å². The second kappa shape index (κ2) is 5.23. The number of rotatable bonds is 3. The van der Waals surface area contributed by atoms with Gasteiger partial charge in [0.1, 0.15) is 17.3 Å². The number of hydrogen-bond acceptors (Lipinski definition) is 2. The summed E-state index contributed by atoms with van der Waals surface area (Å²) in [4.78, 5) is 11.3. The van der Waals surface area contributed by atoms with Crippen molar-refractivity contribution >= 4 is 43.5 Å². The smallest absolute Gasteiger partial charge is 0.352 e. The van der Waals surface area contributed by atoms with E-state index >= 15 is 0 Å². The molecule has 2 heterocycles. The molecule has 0 unspecified atom stereocenters. The van der Waals surface area contributed by atoms with Crippen LogP contribution in [0, 0.1) is 11.6 Å². The Kier molecular flexibility index (Phi) is 3.54. The van der Waals surface area contributed by atoms with Crippen LogP contribution in [0.1, 0.15) is 16.1 Å². The van der Waals surface area contributed by atoms with Gasteiger partial charge >= 0.3 is 5.97 Å². The first-order chi connectivity index (χ1) is 9.97. The highest BCUT2D eigenvalue weighted by Gasteiger charge is 2.19. The zero-order valence-electron chi connectivity index (χ0n) is 10.4. The van der Waals surface area contributed by atoms with Gasteiger partial charge in [0.25, 0.3) is 0 Å². The number of aromatic carboxylic acids is 1. The normalized spacial score (nSPS) is 11.2. The standard InChI is InChI=1S/C14H8BrF2NO2S/c15-9-6-21-12-4-11(14(19)20)18(13(9)12)5-7-1-2-8(16)3-10(7)17/h1-4,6H,5H2,(H,19,20). The van der Waals surface area contributed by atoms with Crippen LogP contribution < -0.4 is 0 Å². The number of thiophene rings is 1. The average molecular weight is 372 g/mol. The molecule has 0 aliphatic rings. The van der Waals surface area contributed by atoms with Gasteiger partial charge in [-0.25, -0.2) is 13.6 Å². The molecular weight excluding hydrogens is 364 g/mol. The number of nitrogens with zero attached hydrogens (tertiary/aromatic N) is 1. The highest BCUT2D eigenvalue weighted by Crippen LogP contribution is 2.34. The lowest BCUT2D eigenvalue weighted by Gasteiger charge is -2.09. The molecule has 0 fully saturated rings. The zero-order chi connectivity index (χ0) is 15.1. The van der Waals surface area contributed by atoms with Gasteiger partial charge in [-0.05, 0) is 28.1 Å². The first-order valence-corrected chi connectivity index (χ1v) is 7.58. The van der Waals surface area contributed by atoms with Crippen molar-refractivity contribution in [2.75, 3.05) is 0 Å². The van der Waals surface area contributed by atoms with E-state index in [0.717, 1.165) is 21.3 Å². The first kappa shape index (κ1) is 14.2. The van der Waals surface area contributed by atoms with Crippen LogP contribution in [0.5, 0.6) is 0 Å². The molecule has 0 saturated heterocycles. The van der Waals surface area contributed by atoms with E-state index < -0.39 is 17.6 Å². The maximum atomic E-state index is 13.8. The van der Waals surface area contributed by atoms with E-state index in [-0.39, 0.29) is 17.8 Å². The van der Waals surface area contributed by atoms with Gasteiger partial charge in [-0.3, -0.25) is 0 Å². The van der Waals surface area contributed by atoms with Crippen LogP contribution in [0.3, 0.4) is 0 Å². The zero-order valence-corrected chi connectivity index (χ0v) is 12.8. The van der Waals surface area contributed by atoms with Crippen LogP contribution in [-0.2, 0) is 6.54 Å². The fourth-order valence-corrected chi connectivity index (χ4v) is 3.89. The van der Waals surface area contributed by atoms with Crippen LogP contribution in [0.2, 0.25) is 0 Å². The van der Waals surface area contributed by atoms with Crippen LogP contribution in [0.4, 0.5) is 8.78 Å². The Morgan fingerprint density at radius 2 is 2.10 bits per heavy atom. The highest BCUT2D eigenvalue weighted by molar-refractivity contribution is 9.10. The number of benzene rings is 1. The van der Waals surface area contributed by atoms with E-state index in [4.69, 9.17) is 0 Å². The fraction of sp³-hybridized carbons (Fsp3) is 0.0714.